The van der Waals surface area contributed by atoms with Crippen molar-refractivity contribution in [3.05, 3.63) is 31.2 Å². The van der Waals surface area contributed by atoms with Crippen LogP contribution in [0.15, 0.2) is 21.1 Å². The summed E-state index contributed by atoms with van der Waals surface area (Å²) in [5.41, 5.74) is 1.12. The molecule has 1 heterocycles. The molecule has 1 aliphatic rings. The van der Waals surface area contributed by atoms with E-state index in [1.807, 2.05) is 0 Å². The van der Waals surface area contributed by atoms with Crippen LogP contribution in [0.5, 0.6) is 0 Å². The van der Waals surface area contributed by atoms with Gasteiger partial charge in [0.25, 0.3) is 5.69 Å². The predicted molar refractivity (Wildman–Crippen MR) is 74.6 cm³/mol. The lowest BCUT2D eigenvalue weighted by molar-refractivity contribution is -0.385. The summed E-state index contributed by atoms with van der Waals surface area (Å²) in [6, 6.07) is 3.13. The summed E-state index contributed by atoms with van der Waals surface area (Å²) in [5.74, 6) is 0. The molecule has 1 fully saturated rings. The molecule has 0 amide bonds. The second-order valence-corrected chi connectivity index (χ2v) is 5.77. The van der Waals surface area contributed by atoms with Gasteiger partial charge in [0.1, 0.15) is 0 Å². The Morgan fingerprint density at radius 3 is 2.12 bits per heavy atom. The minimum atomic E-state index is -0.379. The van der Waals surface area contributed by atoms with E-state index in [0.717, 1.165) is 27.7 Å². The van der Waals surface area contributed by atoms with E-state index in [1.54, 1.807) is 12.1 Å². The van der Waals surface area contributed by atoms with Crippen LogP contribution in [0, 0.1) is 10.1 Å². The number of rotatable bonds is 2. The first-order chi connectivity index (χ1) is 8.09. The van der Waals surface area contributed by atoms with Crippen molar-refractivity contribution in [1.29, 1.82) is 0 Å². The number of non-ortho nitro benzene ring substituents is 1. The van der Waals surface area contributed by atoms with Crippen molar-refractivity contribution in [2.75, 3.05) is 18.0 Å². The highest BCUT2D eigenvalue weighted by Gasteiger charge is 2.20. The van der Waals surface area contributed by atoms with Crippen LogP contribution in [-0.4, -0.2) is 18.0 Å². The number of hydrogen-bond acceptors (Lipinski definition) is 3. The minimum absolute atomic E-state index is 0.101. The van der Waals surface area contributed by atoms with Crippen molar-refractivity contribution in [3.63, 3.8) is 0 Å². The highest BCUT2D eigenvalue weighted by molar-refractivity contribution is 9.11. The largest absolute Gasteiger partial charge is 0.370 e. The smallest absolute Gasteiger partial charge is 0.271 e. The van der Waals surface area contributed by atoms with Crippen LogP contribution in [0.1, 0.15) is 19.3 Å². The van der Waals surface area contributed by atoms with Crippen molar-refractivity contribution >= 4 is 43.2 Å². The summed E-state index contributed by atoms with van der Waals surface area (Å²) in [6.07, 6.45) is 3.62. The van der Waals surface area contributed by atoms with Gasteiger partial charge in [-0.3, -0.25) is 10.1 Å². The maximum Gasteiger partial charge on any atom is 0.271 e. The van der Waals surface area contributed by atoms with Gasteiger partial charge in [0.05, 0.1) is 10.6 Å². The maximum atomic E-state index is 10.7. The van der Waals surface area contributed by atoms with Gasteiger partial charge in [0.15, 0.2) is 0 Å². The van der Waals surface area contributed by atoms with E-state index in [9.17, 15) is 10.1 Å². The Kier molecular flexibility index (Phi) is 4.04. The molecule has 0 spiro atoms. The van der Waals surface area contributed by atoms with E-state index in [1.165, 1.54) is 19.3 Å². The molecule has 1 aliphatic heterocycles. The molecule has 0 unspecified atom stereocenters. The molecule has 0 bridgehead atoms. The van der Waals surface area contributed by atoms with E-state index in [0.29, 0.717) is 0 Å². The van der Waals surface area contributed by atoms with Crippen molar-refractivity contribution in [2.24, 2.45) is 0 Å². The van der Waals surface area contributed by atoms with Gasteiger partial charge in [-0.1, -0.05) is 0 Å². The standard InChI is InChI=1S/C11H12Br2N2O2/c12-9-6-8(15(16)17)7-10(13)11(9)14-4-2-1-3-5-14/h6-7H,1-5H2. The average molecular weight is 364 g/mol. The van der Waals surface area contributed by atoms with Gasteiger partial charge < -0.3 is 4.90 Å². The molecule has 1 aromatic rings. The van der Waals surface area contributed by atoms with Crippen LogP contribution in [0.4, 0.5) is 11.4 Å². The normalized spacial score (nSPS) is 16.0. The van der Waals surface area contributed by atoms with Crippen molar-refractivity contribution < 1.29 is 4.92 Å². The summed E-state index contributed by atoms with van der Waals surface area (Å²) < 4.78 is 1.56. The van der Waals surface area contributed by atoms with E-state index < -0.39 is 0 Å². The molecular weight excluding hydrogens is 352 g/mol. The third-order valence-electron chi connectivity index (χ3n) is 2.88. The Bertz CT molecular complexity index is 422. The number of piperidine rings is 1. The summed E-state index contributed by atoms with van der Waals surface area (Å²) in [6.45, 7) is 2.02. The number of anilines is 1. The Labute approximate surface area is 116 Å². The van der Waals surface area contributed by atoms with Gasteiger partial charge in [-0.05, 0) is 51.1 Å². The Hall–Kier alpha value is -0.620. The van der Waals surface area contributed by atoms with E-state index in [2.05, 4.69) is 36.8 Å². The first-order valence-electron chi connectivity index (χ1n) is 5.48. The average Bonchev–Trinajstić information content (AvgIpc) is 2.29. The Morgan fingerprint density at radius 2 is 1.65 bits per heavy atom. The quantitative estimate of drug-likeness (QED) is 0.586. The highest BCUT2D eigenvalue weighted by atomic mass is 79.9. The van der Waals surface area contributed by atoms with Crippen LogP contribution in [0.3, 0.4) is 0 Å². The molecule has 92 valence electrons. The monoisotopic (exact) mass is 362 g/mol. The molecule has 0 saturated carbocycles. The maximum absolute atomic E-state index is 10.7. The fourth-order valence-electron chi connectivity index (χ4n) is 2.08. The number of nitro groups is 1. The summed E-state index contributed by atoms with van der Waals surface area (Å²) in [5, 5.41) is 10.7. The van der Waals surface area contributed by atoms with Gasteiger partial charge in [-0.2, -0.15) is 0 Å². The lowest BCUT2D eigenvalue weighted by atomic mass is 10.1. The fraction of sp³-hybridized carbons (Fsp3) is 0.455. The molecule has 0 N–H and O–H groups in total. The second-order valence-electron chi connectivity index (χ2n) is 4.06. The fourth-order valence-corrected chi connectivity index (χ4v) is 3.74. The van der Waals surface area contributed by atoms with Crippen LogP contribution >= 0.6 is 31.9 Å². The molecule has 17 heavy (non-hydrogen) atoms. The lowest BCUT2D eigenvalue weighted by Crippen LogP contribution is -2.30. The molecule has 0 aliphatic carbocycles. The predicted octanol–water partition coefficient (Wildman–Crippen LogP) is 4.11. The minimum Gasteiger partial charge on any atom is -0.370 e. The second kappa shape index (κ2) is 5.35. The zero-order valence-corrected chi connectivity index (χ0v) is 12.3. The molecular formula is C11H12Br2N2O2. The van der Waals surface area contributed by atoms with Crippen molar-refractivity contribution in [1.82, 2.24) is 0 Å². The number of nitrogens with zero attached hydrogens (tertiary/aromatic N) is 2. The molecule has 0 radical (unpaired) electrons. The third-order valence-corrected chi connectivity index (χ3v) is 4.09. The summed E-state index contributed by atoms with van der Waals surface area (Å²) in [7, 11) is 0. The van der Waals surface area contributed by atoms with E-state index in [-0.39, 0.29) is 10.6 Å². The molecule has 0 aromatic heterocycles. The van der Waals surface area contributed by atoms with Crippen molar-refractivity contribution in [2.45, 2.75) is 19.3 Å². The zero-order valence-electron chi connectivity index (χ0n) is 9.16. The van der Waals surface area contributed by atoms with Gasteiger partial charge >= 0.3 is 0 Å². The summed E-state index contributed by atoms with van der Waals surface area (Å²) >= 11 is 6.85. The van der Waals surface area contributed by atoms with E-state index in [4.69, 9.17) is 0 Å². The number of nitro benzene ring substituents is 1. The van der Waals surface area contributed by atoms with E-state index >= 15 is 0 Å². The first-order valence-corrected chi connectivity index (χ1v) is 7.06. The Balaban J connectivity index is 2.37. The van der Waals surface area contributed by atoms with Crippen LogP contribution in [0.2, 0.25) is 0 Å². The number of benzene rings is 1. The Morgan fingerprint density at radius 1 is 1.12 bits per heavy atom. The van der Waals surface area contributed by atoms with Gasteiger partial charge in [0.2, 0.25) is 0 Å². The highest BCUT2D eigenvalue weighted by Crippen LogP contribution is 2.38. The lowest BCUT2D eigenvalue weighted by Gasteiger charge is -2.30. The first kappa shape index (κ1) is 12.8. The van der Waals surface area contributed by atoms with Crippen LogP contribution in [-0.2, 0) is 0 Å². The molecule has 0 atom stereocenters. The molecule has 2 rings (SSSR count). The molecule has 1 saturated heterocycles. The van der Waals surface area contributed by atoms with Crippen LogP contribution < -0.4 is 4.90 Å². The number of halogens is 2. The van der Waals surface area contributed by atoms with Crippen molar-refractivity contribution in [3.8, 4) is 0 Å². The topological polar surface area (TPSA) is 46.4 Å². The summed E-state index contributed by atoms with van der Waals surface area (Å²) in [4.78, 5) is 12.6. The van der Waals surface area contributed by atoms with Crippen LogP contribution in [0.25, 0.3) is 0 Å². The molecule has 4 nitrogen and oxygen atoms in total. The third kappa shape index (κ3) is 2.80. The van der Waals surface area contributed by atoms with Gasteiger partial charge in [-0.15, -0.1) is 0 Å². The number of hydrogen-bond donors (Lipinski definition) is 0. The van der Waals surface area contributed by atoms with Gasteiger partial charge in [0, 0.05) is 34.2 Å². The SMILES string of the molecule is O=[N+]([O-])c1cc(Br)c(N2CCCCC2)c(Br)c1. The zero-order chi connectivity index (χ0) is 12.4. The molecule has 1 aromatic carbocycles. The molecule has 6 heteroatoms. The van der Waals surface area contributed by atoms with Gasteiger partial charge in [-0.25, -0.2) is 0 Å².